The molecule has 2 aromatic carbocycles. The molecule has 0 heterocycles. The topological polar surface area (TPSA) is 37.3 Å². The lowest BCUT2D eigenvalue weighted by Gasteiger charge is -2.05. The predicted molar refractivity (Wildman–Crippen MR) is 55.9 cm³/mol. The molecule has 2 rings (SSSR count). The lowest BCUT2D eigenvalue weighted by Crippen LogP contribution is -1.98. The molecule has 1 N–H and O–H groups in total. The number of fused-ring (bicyclic) bond motifs is 1. The van der Waals surface area contributed by atoms with E-state index in [9.17, 15) is 9.18 Å². The maximum Gasteiger partial charge on any atom is 0.336 e. The second-order valence-corrected chi connectivity index (χ2v) is 3.47. The zero-order chi connectivity index (χ0) is 11.0. The number of benzene rings is 2. The smallest absolute Gasteiger partial charge is 0.336 e. The molecule has 0 unspecified atom stereocenters. The van der Waals surface area contributed by atoms with Crippen LogP contribution < -0.4 is 0 Å². The molecule has 76 valence electrons. The van der Waals surface area contributed by atoms with E-state index >= 15 is 0 Å². The van der Waals surface area contributed by atoms with Crippen LogP contribution >= 0.6 is 11.6 Å². The molecular formula is C11H6ClFO2. The maximum atomic E-state index is 13.4. The van der Waals surface area contributed by atoms with Crippen molar-refractivity contribution in [2.24, 2.45) is 0 Å². The largest absolute Gasteiger partial charge is 0.478 e. The summed E-state index contributed by atoms with van der Waals surface area (Å²) >= 11 is 5.85. The lowest BCUT2D eigenvalue weighted by atomic mass is 10.0. The number of hydrogen-bond donors (Lipinski definition) is 1. The summed E-state index contributed by atoms with van der Waals surface area (Å²) in [7, 11) is 0. The summed E-state index contributed by atoms with van der Waals surface area (Å²) in [6, 6.07) is 6.96. The predicted octanol–water partition coefficient (Wildman–Crippen LogP) is 3.33. The summed E-state index contributed by atoms with van der Waals surface area (Å²) in [5, 5.41) is 9.62. The highest BCUT2D eigenvalue weighted by Gasteiger charge is 2.13. The van der Waals surface area contributed by atoms with Gasteiger partial charge >= 0.3 is 5.97 Å². The van der Waals surface area contributed by atoms with Crippen LogP contribution in [0.4, 0.5) is 4.39 Å². The molecule has 2 aromatic rings. The number of hydrogen-bond acceptors (Lipinski definition) is 1. The van der Waals surface area contributed by atoms with Gasteiger partial charge in [0, 0.05) is 15.8 Å². The van der Waals surface area contributed by atoms with Crippen molar-refractivity contribution in [3.05, 3.63) is 46.7 Å². The van der Waals surface area contributed by atoms with Crippen LogP contribution in [0.25, 0.3) is 10.8 Å². The Balaban J connectivity index is 2.96. The first-order valence-electron chi connectivity index (χ1n) is 4.21. The van der Waals surface area contributed by atoms with Gasteiger partial charge < -0.3 is 5.11 Å². The van der Waals surface area contributed by atoms with E-state index in [4.69, 9.17) is 16.7 Å². The molecule has 15 heavy (non-hydrogen) atoms. The number of aromatic carboxylic acids is 1. The van der Waals surface area contributed by atoms with Crippen molar-refractivity contribution in [1.82, 2.24) is 0 Å². The van der Waals surface area contributed by atoms with Gasteiger partial charge in [-0.25, -0.2) is 9.18 Å². The Morgan fingerprint density at radius 3 is 2.67 bits per heavy atom. The molecule has 0 aromatic heterocycles. The Labute approximate surface area is 89.9 Å². The summed E-state index contributed by atoms with van der Waals surface area (Å²) in [4.78, 5) is 10.9. The SMILES string of the molecule is O=C(O)c1ccc(F)c2cccc(Cl)c12. The first-order valence-corrected chi connectivity index (χ1v) is 4.59. The molecule has 0 saturated heterocycles. The van der Waals surface area contributed by atoms with Crippen molar-refractivity contribution in [3.8, 4) is 0 Å². The summed E-state index contributed by atoms with van der Waals surface area (Å²) < 4.78 is 13.4. The molecule has 4 heteroatoms. The highest BCUT2D eigenvalue weighted by atomic mass is 35.5. The van der Waals surface area contributed by atoms with Gasteiger partial charge in [-0.15, -0.1) is 0 Å². The van der Waals surface area contributed by atoms with Gasteiger partial charge in [0.25, 0.3) is 0 Å². The van der Waals surface area contributed by atoms with Crippen LogP contribution in [0.1, 0.15) is 10.4 Å². The fourth-order valence-electron chi connectivity index (χ4n) is 1.50. The highest BCUT2D eigenvalue weighted by Crippen LogP contribution is 2.28. The molecule has 0 fully saturated rings. The Hall–Kier alpha value is -1.61. The van der Waals surface area contributed by atoms with Crippen molar-refractivity contribution < 1.29 is 14.3 Å². The van der Waals surface area contributed by atoms with Crippen LogP contribution in [-0.2, 0) is 0 Å². The third-order valence-corrected chi connectivity index (χ3v) is 2.48. The van der Waals surface area contributed by atoms with Gasteiger partial charge in [-0.2, -0.15) is 0 Å². The van der Waals surface area contributed by atoms with Gasteiger partial charge in [-0.1, -0.05) is 23.7 Å². The average Bonchev–Trinajstić information content (AvgIpc) is 2.19. The first-order chi connectivity index (χ1) is 7.11. The van der Waals surface area contributed by atoms with Crippen LogP contribution in [0.2, 0.25) is 5.02 Å². The fourth-order valence-corrected chi connectivity index (χ4v) is 1.78. The number of carboxylic acids is 1. The maximum absolute atomic E-state index is 13.4. The van der Waals surface area contributed by atoms with Crippen molar-refractivity contribution in [2.75, 3.05) is 0 Å². The molecule has 0 aliphatic carbocycles. The summed E-state index contributed by atoms with van der Waals surface area (Å²) in [6.07, 6.45) is 0. The first kappa shape index (κ1) is 9.93. The lowest BCUT2D eigenvalue weighted by molar-refractivity contribution is 0.0699. The van der Waals surface area contributed by atoms with Gasteiger partial charge in [-0.05, 0) is 18.2 Å². The van der Waals surface area contributed by atoms with Crippen molar-refractivity contribution in [1.29, 1.82) is 0 Å². The number of carboxylic acid groups (broad SMARTS) is 1. The van der Waals surface area contributed by atoms with Gasteiger partial charge in [0.2, 0.25) is 0 Å². The summed E-state index contributed by atoms with van der Waals surface area (Å²) in [5.41, 5.74) is 0.0111. The quantitative estimate of drug-likeness (QED) is 0.807. The van der Waals surface area contributed by atoms with Gasteiger partial charge in [0.1, 0.15) is 5.82 Å². The third kappa shape index (κ3) is 1.55. The van der Waals surface area contributed by atoms with Crippen LogP contribution in [0.15, 0.2) is 30.3 Å². The van der Waals surface area contributed by atoms with Crippen LogP contribution in [-0.4, -0.2) is 11.1 Å². The van der Waals surface area contributed by atoms with Crippen molar-refractivity contribution in [3.63, 3.8) is 0 Å². The summed E-state index contributed by atoms with van der Waals surface area (Å²) in [5.74, 6) is -1.59. The molecule has 0 saturated carbocycles. The van der Waals surface area contributed by atoms with Crippen molar-refractivity contribution >= 4 is 28.3 Å². The highest BCUT2D eigenvalue weighted by molar-refractivity contribution is 6.36. The van der Waals surface area contributed by atoms with E-state index in [2.05, 4.69) is 0 Å². The van der Waals surface area contributed by atoms with Crippen molar-refractivity contribution in [2.45, 2.75) is 0 Å². The Bertz CT molecular complexity index is 552. The van der Waals surface area contributed by atoms with Crippen LogP contribution in [0, 0.1) is 5.82 Å². The van der Waals surface area contributed by atoms with E-state index in [1.54, 1.807) is 6.07 Å². The molecule has 0 spiro atoms. The minimum Gasteiger partial charge on any atom is -0.478 e. The molecular weight excluding hydrogens is 219 g/mol. The van der Waals surface area contributed by atoms with Crippen LogP contribution in [0.5, 0.6) is 0 Å². The van der Waals surface area contributed by atoms with E-state index in [0.717, 1.165) is 6.07 Å². The molecule has 0 amide bonds. The number of rotatable bonds is 1. The number of carbonyl (C=O) groups is 1. The zero-order valence-corrected chi connectivity index (χ0v) is 8.25. The molecule has 0 bridgehead atoms. The number of halogens is 2. The fraction of sp³-hybridized carbons (Fsp3) is 0. The monoisotopic (exact) mass is 224 g/mol. The molecule has 0 aliphatic rings. The normalized spacial score (nSPS) is 10.5. The third-order valence-electron chi connectivity index (χ3n) is 2.17. The van der Waals surface area contributed by atoms with E-state index in [1.165, 1.54) is 18.2 Å². The standard InChI is InChI=1S/C11H6ClFO2/c12-8-3-1-2-6-9(13)5-4-7(10(6)8)11(14)15/h1-5H,(H,14,15). The minimum absolute atomic E-state index is 0.0111. The van der Waals surface area contributed by atoms with E-state index in [-0.39, 0.29) is 21.4 Å². The Morgan fingerprint density at radius 1 is 1.27 bits per heavy atom. The molecule has 0 atom stereocenters. The zero-order valence-electron chi connectivity index (χ0n) is 7.50. The molecule has 0 radical (unpaired) electrons. The van der Waals surface area contributed by atoms with Gasteiger partial charge in [-0.3, -0.25) is 0 Å². The average molecular weight is 225 g/mol. The van der Waals surface area contributed by atoms with E-state index < -0.39 is 11.8 Å². The Morgan fingerprint density at radius 2 is 2.00 bits per heavy atom. The van der Waals surface area contributed by atoms with E-state index in [0.29, 0.717) is 0 Å². The summed E-state index contributed by atoms with van der Waals surface area (Å²) in [6.45, 7) is 0. The van der Waals surface area contributed by atoms with Crippen LogP contribution in [0.3, 0.4) is 0 Å². The Kier molecular flexibility index (Phi) is 2.32. The minimum atomic E-state index is -1.12. The second-order valence-electron chi connectivity index (χ2n) is 3.06. The van der Waals surface area contributed by atoms with E-state index in [1.807, 2.05) is 0 Å². The molecule has 2 nitrogen and oxygen atoms in total. The van der Waals surface area contributed by atoms with Gasteiger partial charge in [0.15, 0.2) is 0 Å². The van der Waals surface area contributed by atoms with Gasteiger partial charge in [0.05, 0.1) is 5.56 Å². The molecule has 0 aliphatic heterocycles. The second kappa shape index (κ2) is 3.51.